The SMILES string of the molecule is O=C(COc1ccccc1)N[C@H]1CCCC[C@H]1NC(=O)COc1ccccc1. The molecule has 0 unspecified atom stereocenters. The second-order valence-corrected chi connectivity index (χ2v) is 6.84. The van der Waals surface area contributed by atoms with Crippen molar-refractivity contribution < 1.29 is 19.1 Å². The van der Waals surface area contributed by atoms with E-state index in [1.54, 1.807) is 0 Å². The number of carbonyl (C=O) groups excluding carboxylic acids is 2. The van der Waals surface area contributed by atoms with Gasteiger partial charge in [-0.2, -0.15) is 0 Å². The van der Waals surface area contributed by atoms with Crippen LogP contribution in [0.5, 0.6) is 11.5 Å². The lowest BCUT2D eigenvalue weighted by Crippen LogP contribution is -2.54. The van der Waals surface area contributed by atoms with E-state index in [0.717, 1.165) is 25.7 Å². The number of nitrogens with one attached hydrogen (secondary N) is 2. The first-order valence-electron chi connectivity index (χ1n) is 9.65. The van der Waals surface area contributed by atoms with Crippen molar-refractivity contribution in [2.75, 3.05) is 13.2 Å². The topological polar surface area (TPSA) is 76.7 Å². The Morgan fingerprint density at radius 3 is 1.50 bits per heavy atom. The molecule has 0 aromatic heterocycles. The molecular weight excluding hydrogens is 356 g/mol. The Balaban J connectivity index is 1.45. The summed E-state index contributed by atoms with van der Waals surface area (Å²) >= 11 is 0. The highest BCUT2D eigenvalue weighted by Crippen LogP contribution is 2.19. The first kappa shape index (κ1) is 19.7. The van der Waals surface area contributed by atoms with Crippen LogP contribution in [0.3, 0.4) is 0 Å². The van der Waals surface area contributed by atoms with Gasteiger partial charge in [0.05, 0.1) is 0 Å². The minimum absolute atomic E-state index is 0.0434. The molecule has 2 atom stereocenters. The lowest BCUT2D eigenvalue weighted by atomic mass is 9.90. The fraction of sp³-hybridized carbons (Fsp3) is 0.364. The van der Waals surface area contributed by atoms with E-state index in [4.69, 9.17) is 9.47 Å². The van der Waals surface area contributed by atoms with Crippen molar-refractivity contribution in [2.45, 2.75) is 37.8 Å². The molecule has 148 valence electrons. The summed E-state index contributed by atoms with van der Waals surface area (Å²) < 4.78 is 11.0. The zero-order valence-corrected chi connectivity index (χ0v) is 15.8. The standard InChI is InChI=1S/C22H26N2O4/c25-21(15-27-17-9-3-1-4-10-17)23-19-13-7-8-14-20(19)24-22(26)16-28-18-11-5-2-6-12-18/h1-6,9-12,19-20H,7-8,13-16H2,(H,23,25)(H,24,26)/t19-,20+. The number of ether oxygens (including phenoxy) is 2. The van der Waals surface area contributed by atoms with E-state index < -0.39 is 0 Å². The molecule has 0 saturated heterocycles. The average Bonchev–Trinajstić information content (AvgIpc) is 2.74. The minimum Gasteiger partial charge on any atom is -0.484 e. The smallest absolute Gasteiger partial charge is 0.258 e. The normalized spacial score (nSPS) is 18.7. The monoisotopic (exact) mass is 382 g/mol. The van der Waals surface area contributed by atoms with Gasteiger partial charge in [0.25, 0.3) is 11.8 Å². The summed E-state index contributed by atoms with van der Waals surface area (Å²) in [5, 5.41) is 6.00. The lowest BCUT2D eigenvalue weighted by Gasteiger charge is -2.32. The molecule has 1 saturated carbocycles. The van der Waals surface area contributed by atoms with E-state index >= 15 is 0 Å². The molecule has 28 heavy (non-hydrogen) atoms. The Kier molecular flexibility index (Phi) is 7.29. The molecule has 2 aromatic carbocycles. The molecule has 6 nitrogen and oxygen atoms in total. The largest absolute Gasteiger partial charge is 0.484 e. The van der Waals surface area contributed by atoms with Crippen LogP contribution >= 0.6 is 0 Å². The van der Waals surface area contributed by atoms with Crippen LogP contribution in [-0.4, -0.2) is 37.1 Å². The Bertz CT molecular complexity index is 686. The van der Waals surface area contributed by atoms with Gasteiger partial charge >= 0.3 is 0 Å². The van der Waals surface area contributed by atoms with Gasteiger partial charge < -0.3 is 20.1 Å². The van der Waals surface area contributed by atoms with E-state index in [-0.39, 0.29) is 37.1 Å². The number of benzene rings is 2. The second kappa shape index (κ2) is 10.3. The Labute approximate surface area is 165 Å². The van der Waals surface area contributed by atoms with E-state index in [2.05, 4.69) is 10.6 Å². The molecule has 0 spiro atoms. The Hall–Kier alpha value is -3.02. The lowest BCUT2D eigenvalue weighted by molar-refractivity contribution is -0.127. The van der Waals surface area contributed by atoms with Gasteiger partial charge in [-0.15, -0.1) is 0 Å². The first-order valence-corrected chi connectivity index (χ1v) is 9.65. The maximum absolute atomic E-state index is 12.3. The summed E-state index contributed by atoms with van der Waals surface area (Å²) in [5.74, 6) is 0.944. The van der Waals surface area contributed by atoms with Crippen LogP contribution in [0.15, 0.2) is 60.7 Å². The predicted octanol–water partition coefficient (Wildman–Crippen LogP) is 2.69. The van der Waals surface area contributed by atoms with E-state index in [1.165, 1.54) is 0 Å². The number of para-hydroxylation sites is 2. The van der Waals surface area contributed by atoms with Crippen LogP contribution in [0.4, 0.5) is 0 Å². The Morgan fingerprint density at radius 1 is 0.714 bits per heavy atom. The van der Waals surface area contributed by atoms with E-state index in [9.17, 15) is 9.59 Å². The molecule has 3 rings (SSSR count). The molecule has 6 heteroatoms. The average molecular weight is 382 g/mol. The van der Waals surface area contributed by atoms with Crippen LogP contribution in [0, 0.1) is 0 Å². The molecule has 1 aliphatic rings. The predicted molar refractivity (Wildman–Crippen MR) is 106 cm³/mol. The van der Waals surface area contributed by atoms with Gasteiger partial charge in [0.1, 0.15) is 11.5 Å². The van der Waals surface area contributed by atoms with Gasteiger partial charge in [0.2, 0.25) is 0 Å². The van der Waals surface area contributed by atoms with Crippen LogP contribution in [-0.2, 0) is 9.59 Å². The van der Waals surface area contributed by atoms with Crippen molar-refractivity contribution in [1.82, 2.24) is 10.6 Å². The molecule has 2 N–H and O–H groups in total. The van der Waals surface area contributed by atoms with Crippen molar-refractivity contribution in [2.24, 2.45) is 0 Å². The molecule has 0 aliphatic heterocycles. The molecule has 1 aliphatic carbocycles. The van der Waals surface area contributed by atoms with Gasteiger partial charge in [-0.3, -0.25) is 9.59 Å². The third-order valence-electron chi connectivity index (χ3n) is 4.68. The maximum atomic E-state index is 12.3. The molecule has 0 bridgehead atoms. The zero-order chi connectivity index (χ0) is 19.6. The summed E-state index contributed by atoms with van der Waals surface area (Å²) in [4.78, 5) is 24.5. The van der Waals surface area contributed by atoms with Gasteiger partial charge in [0.15, 0.2) is 13.2 Å². The highest BCUT2D eigenvalue weighted by Gasteiger charge is 2.28. The fourth-order valence-electron chi connectivity index (χ4n) is 3.30. The van der Waals surface area contributed by atoms with Crippen LogP contribution < -0.4 is 20.1 Å². The van der Waals surface area contributed by atoms with Gasteiger partial charge in [-0.05, 0) is 37.1 Å². The maximum Gasteiger partial charge on any atom is 0.258 e. The summed E-state index contributed by atoms with van der Waals surface area (Å²) in [7, 11) is 0. The second-order valence-electron chi connectivity index (χ2n) is 6.84. The summed E-state index contributed by atoms with van der Waals surface area (Å²) in [5.41, 5.74) is 0. The highest BCUT2D eigenvalue weighted by atomic mass is 16.5. The summed E-state index contributed by atoms with van der Waals surface area (Å²) in [6.07, 6.45) is 3.72. The van der Waals surface area contributed by atoms with E-state index in [0.29, 0.717) is 11.5 Å². The summed E-state index contributed by atoms with van der Waals surface area (Å²) in [6, 6.07) is 18.3. The molecule has 0 radical (unpaired) electrons. The Morgan fingerprint density at radius 2 is 1.11 bits per heavy atom. The zero-order valence-electron chi connectivity index (χ0n) is 15.8. The number of amides is 2. The highest BCUT2D eigenvalue weighted by molar-refractivity contribution is 5.79. The number of hydrogen-bond acceptors (Lipinski definition) is 4. The van der Waals surface area contributed by atoms with E-state index in [1.807, 2.05) is 60.7 Å². The minimum atomic E-state index is -0.185. The first-order chi connectivity index (χ1) is 13.7. The third kappa shape index (κ3) is 6.30. The van der Waals surface area contributed by atoms with Crippen LogP contribution in [0.1, 0.15) is 25.7 Å². The van der Waals surface area contributed by atoms with Crippen molar-refractivity contribution in [3.05, 3.63) is 60.7 Å². The number of rotatable bonds is 8. The third-order valence-corrected chi connectivity index (χ3v) is 4.68. The molecular formula is C22H26N2O4. The van der Waals surface area contributed by atoms with Crippen molar-refractivity contribution in [1.29, 1.82) is 0 Å². The van der Waals surface area contributed by atoms with Crippen molar-refractivity contribution in [3.63, 3.8) is 0 Å². The number of hydrogen-bond donors (Lipinski definition) is 2. The molecule has 2 aromatic rings. The molecule has 2 amide bonds. The quantitative estimate of drug-likeness (QED) is 0.736. The molecule has 0 heterocycles. The fourth-order valence-corrected chi connectivity index (χ4v) is 3.30. The number of carbonyl (C=O) groups is 2. The van der Waals surface area contributed by atoms with Gasteiger partial charge in [-0.25, -0.2) is 0 Å². The van der Waals surface area contributed by atoms with Crippen molar-refractivity contribution in [3.8, 4) is 11.5 Å². The van der Waals surface area contributed by atoms with Gasteiger partial charge in [0, 0.05) is 12.1 Å². The molecule has 1 fully saturated rings. The van der Waals surface area contributed by atoms with Crippen LogP contribution in [0.2, 0.25) is 0 Å². The van der Waals surface area contributed by atoms with Crippen LogP contribution in [0.25, 0.3) is 0 Å². The van der Waals surface area contributed by atoms with Gasteiger partial charge in [-0.1, -0.05) is 49.2 Å². The summed E-state index contributed by atoms with van der Waals surface area (Å²) in [6.45, 7) is -0.0867. The van der Waals surface area contributed by atoms with Crippen molar-refractivity contribution >= 4 is 11.8 Å².